The summed E-state index contributed by atoms with van der Waals surface area (Å²) < 4.78 is 0. The van der Waals surface area contributed by atoms with Crippen molar-refractivity contribution >= 4 is 22.5 Å². The summed E-state index contributed by atoms with van der Waals surface area (Å²) >= 11 is 0. The molecule has 0 aliphatic rings. The van der Waals surface area contributed by atoms with E-state index in [-0.39, 0.29) is 22.8 Å². The predicted molar refractivity (Wildman–Crippen MR) is 111 cm³/mol. The van der Waals surface area contributed by atoms with E-state index in [0.29, 0.717) is 12.1 Å². The zero-order valence-corrected chi connectivity index (χ0v) is 16.3. The topological polar surface area (TPSA) is 62.0 Å². The fraction of sp³-hybridized carbons (Fsp3) is 0.304. The van der Waals surface area contributed by atoms with Crippen molar-refractivity contribution in [1.29, 1.82) is 0 Å². The maximum Gasteiger partial charge on any atom is 0.248 e. The molecule has 140 valence electrons. The number of aromatic nitrogens is 1. The molecule has 1 unspecified atom stereocenters. The number of pyridine rings is 1. The first kappa shape index (κ1) is 18.9. The van der Waals surface area contributed by atoms with Gasteiger partial charge in [-0.3, -0.25) is 9.59 Å². The summed E-state index contributed by atoms with van der Waals surface area (Å²) in [5.74, 6) is -0.251. The van der Waals surface area contributed by atoms with Crippen molar-refractivity contribution in [1.82, 2.24) is 4.98 Å². The highest BCUT2D eigenvalue weighted by Gasteiger charge is 2.20. The molecule has 3 aromatic rings. The maximum absolute atomic E-state index is 12.8. The number of rotatable bonds is 4. The summed E-state index contributed by atoms with van der Waals surface area (Å²) in [4.78, 5) is 27.8. The van der Waals surface area contributed by atoms with E-state index < -0.39 is 0 Å². The number of H-pyrrole nitrogens is 1. The smallest absolute Gasteiger partial charge is 0.248 e. The van der Waals surface area contributed by atoms with Crippen LogP contribution in [-0.4, -0.2) is 10.9 Å². The van der Waals surface area contributed by atoms with Gasteiger partial charge in [-0.15, -0.1) is 0 Å². The van der Waals surface area contributed by atoms with Crippen LogP contribution < -0.4 is 10.9 Å². The molecule has 4 nitrogen and oxygen atoms in total. The maximum atomic E-state index is 12.8. The zero-order chi connectivity index (χ0) is 19.6. The molecule has 0 aliphatic carbocycles. The molecule has 2 N–H and O–H groups in total. The lowest BCUT2D eigenvalue weighted by Crippen LogP contribution is -2.21. The number of fused-ring (bicyclic) bond motifs is 1. The minimum Gasteiger partial charge on any atom is -0.325 e. The van der Waals surface area contributed by atoms with Crippen molar-refractivity contribution in [2.24, 2.45) is 0 Å². The molecule has 27 heavy (non-hydrogen) atoms. The third-order valence-electron chi connectivity index (χ3n) is 4.85. The average molecular weight is 362 g/mol. The Morgan fingerprint density at radius 2 is 1.78 bits per heavy atom. The van der Waals surface area contributed by atoms with Crippen LogP contribution in [0.3, 0.4) is 0 Å². The van der Waals surface area contributed by atoms with E-state index in [4.69, 9.17) is 0 Å². The first-order valence-corrected chi connectivity index (χ1v) is 9.33. The molecule has 0 saturated carbocycles. The lowest BCUT2D eigenvalue weighted by molar-refractivity contribution is -0.117. The fourth-order valence-corrected chi connectivity index (χ4v) is 3.45. The van der Waals surface area contributed by atoms with Gasteiger partial charge < -0.3 is 10.3 Å². The van der Waals surface area contributed by atoms with Crippen molar-refractivity contribution in [3.63, 3.8) is 0 Å². The van der Waals surface area contributed by atoms with Crippen molar-refractivity contribution in [2.75, 3.05) is 5.32 Å². The van der Waals surface area contributed by atoms with E-state index in [0.717, 1.165) is 22.0 Å². The van der Waals surface area contributed by atoms with Crippen molar-refractivity contribution in [3.8, 4) is 0 Å². The summed E-state index contributed by atoms with van der Waals surface area (Å²) in [5, 5.41) is 4.00. The standard InChI is InChI=1S/C23H26N2O2/c1-5-17(15-9-7-6-8-10-15)22(27)24-16-11-12-18-19(23(2,3)4)14-21(26)25-20(18)13-16/h6-14,17H,5H2,1-4H3,(H,24,27)(H,25,26). The summed E-state index contributed by atoms with van der Waals surface area (Å²) in [7, 11) is 0. The summed E-state index contributed by atoms with van der Waals surface area (Å²) in [6, 6.07) is 17.1. The van der Waals surface area contributed by atoms with Gasteiger partial charge in [-0.2, -0.15) is 0 Å². The molecule has 1 heterocycles. The molecule has 0 bridgehead atoms. The zero-order valence-electron chi connectivity index (χ0n) is 16.3. The highest BCUT2D eigenvalue weighted by atomic mass is 16.2. The first-order chi connectivity index (χ1) is 12.8. The van der Waals surface area contributed by atoms with Gasteiger partial charge in [0.15, 0.2) is 0 Å². The summed E-state index contributed by atoms with van der Waals surface area (Å²) in [6.07, 6.45) is 0.717. The van der Waals surface area contributed by atoms with Crippen molar-refractivity contribution in [3.05, 3.63) is 76.1 Å². The molecule has 0 spiro atoms. The largest absolute Gasteiger partial charge is 0.325 e. The number of carbonyl (C=O) groups is 1. The number of aromatic amines is 1. The Morgan fingerprint density at radius 3 is 2.41 bits per heavy atom. The Bertz CT molecular complexity index is 1010. The second-order valence-corrected chi connectivity index (χ2v) is 7.92. The highest BCUT2D eigenvalue weighted by molar-refractivity contribution is 5.97. The van der Waals surface area contributed by atoms with Crippen molar-refractivity contribution < 1.29 is 4.79 Å². The van der Waals surface area contributed by atoms with E-state index in [1.54, 1.807) is 6.07 Å². The number of carbonyl (C=O) groups excluding carboxylic acids is 1. The molecule has 0 saturated heterocycles. The van der Waals surface area contributed by atoms with Crippen LogP contribution in [-0.2, 0) is 10.2 Å². The molecule has 0 radical (unpaired) electrons. The molecule has 2 aromatic carbocycles. The van der Waals surface area contributed by atoms with Crippen molar-refractivity contribution in [2.45, 2.75) is 45.4 Å². The number of hydrogen-bond acceptors (Lipinski definition) is 2. The molecular formula is C23H26N2O2. The van der Waals surface area contributed by atoms with Crippen LogP contribution in [0.15, 0.2) is 59.4 Å². The predicted octanol–water partition coefficient (Wildman–Crippen LogP) is 4.96. The summed E-state index contributed by atoms with van der Waals surface area (Å²) in [5.41, 5.74) is 3.14. The summed E-state index contributed by atoms with van der Waals surface area (Å²) in [6.45, 7) is 8.26. The van der Waals surface area contributed by atoms with Crippen LogP contribution in [0.2, 0.25) is 0 Å². The Kier molecular flexibility index (Phi) is 5.17. The van der Waals surface area contributed by atoms with Gasteiger partial charge in [-0.25, -0.2) is 0 Å². The second kappa shape index (κ2) is 7.39. The molecule has 1 amide bonds. The third kappa shape index (κ3) is 4.11. The molecular weight excluding hydrogens is 336 g/mol. The number of amides is 1. The van der Waals surface area contributed by atoms with Crippen LogP contribution in [0, 0.1) is 0 Å². The highest BCUT2D eigenvalue weighted by Crippen LogP contribution is 2.29. The molecule has 0 fully saturated rings. The molecule has 1 atom stereocenters. The van der Waals surface area contributed by atoms with E-state index in [1.165, 1.54) is 0 Å². The number of anilines is 1. The van der Waals surface area contributed by atoms with Gasteiger partial charge >= 0.3 is 0 Å². The SMILES string of the molecule is CCC(C(=O)Nc1ccc2c(C(C)(C)C)cc(=O)[nH]c2c1)c1ccccc1. The van der Waals surface area contributed by atoms with Gasteiger partial charge in [-0.1, -0.05) is 64.1 Å². The fourth-order valence-electron chi connectivity index (χ4n) is 3.45. The van der Waals surface area contributed by atoms with E-state index in [1.807, 2.05) is 55.5 Å². The first-order valence-electron chi connectivity index (χ1n) is 9.33. The van der Waals surface area contributed by atoms with Gasteiger partial charge in [0.1, 0.15) is 0 Å². The normalized spacial score (nSPS) is 12.7. The number of hydrogen-bond donors (Lipinski definition) is 2. The van der Waals surface area contributed by atoms with Crippen LogP contribution in [0.4, 0.5) is 5.69 Å². The monoisotopic (exact) mass is 362 g/mol. The lowest BCUT2D eigenvalue weighted by atomic mass is 9.85. The number of benzene rings is 2. The third-order valence-corrected chi connectivity index (χ3v) is 4.85. The van der Waals surface area contributed by atoms with Crippen LogP contribution >= 0.6 is 0 Å². The van der Waals surface area contributed by atoms with Gasteiger partial charge in [0, 0.05) is 17.1 Å². The minimum absolute atomic E-state index is 0.0441. The van der Waals surface area contributed by atoms with E-state index >= 15 is 0 Å². The molecule has 4 heteroatoms. The van der Waals surface area contributed by atoms with E-state index in [2.05, 4.69) is 31.1 Å². The Hall–Kier alpha value is -2.88. The molecule has 1 aromatic heterocycles. The lowest BCUT2D eigenvalue weighted by Gasteiger charge is -2.21. The van der Waals surface area contributed by atoms with Gasteiger partial charge in [-0.05, 0) is 35.1 Å². The Labute approximate surface area is 159 Å². The Balaban J connectivity index is 1.94. The Morgan fingerprint density at radius 1 is 1.07 bits per heavy atom. The van der Waals surface area contributed by atoms with Gasteiger partial charge in [0.2, 0.25) is 11.5 Å². The van der Waals surface area contributed by atoms with Gasteiger partial charge in [0.05, 0.1) is 11.4 Å². The van der Waals surface area contributed by atoms with E-state index in [9.17, 15) is 9.59 Å². The molecule has 0 aliphatic heterocycles. The number of nitrogens with one attached hydrogen (secondary N) is 2. The molecule has 3 rings (SSSR count). The quantitative estimate of drug-likeness (QED) is 0.689. The van der Waals surface area contributed by atoms with Crippen LogP contribution in [0.1, 0.15) is 51.2 Å². The van der Waals surface area contributed by atoms with Crippen LogP contribution in [0.25, 0.3) is 10.9 Å². The average Bonchev–Trinajstić information content (AvgIpc) is 2.61. The minimum atomic E-state index is -0.207. The second-order valence-electron chi connectivity index (χ2n) is 7.92. The van der Waals surface area contributed by atoms with Gasteiger partial charge in [0.25, 0.3) is 0 Å². The van der Waals surface area contributed by atoms with Crippen LogP contribution in [0.5, 0.6) is 0 Å².